The Kier molecular flexibility index (Phi) is 10.9. The summed E-state index contributed by atoms with van der Waals surface area (Å²) in [6, 6.07) is 28.0. The Morgan fingerprint density at radius 1 is 0.794 bits per heavy atom. The van der Waals surface area contributed by atoms with Crippen LogP contribution in [0.25, 0.3) is 10.9 Å². The van der Waals surface area contributed by atoms with Crippen molar-refractivity contribution in [3.8, 4) is 0 Å². The van der Waals surface area contributed by atoms with Gasteiger partial charge in [-0.05, 0) is 54.5 Å². The Hall–Kier alpha value is -6.80. The van der Waals surface area contributed by atoms with Gasteiger partial charge in [0.05, 0.1) is 11.7 Å². The normalized spacial score (nSPS) is 26.2. The average molecular weight is 849 g/mol. The van der Waals surface area contributed by atoms with Crippen molar-refractivity contribution in [2.24, 2.45) is 11.7 Å². The van der Waals surface area contributed by atoms with Crippen LogP contribution >= 0.6 is 0 Å². The molecule has 4 bridgehead atoms. The van der Waals surface area contributed by atoms with Crippen molar-refractivity contribution in [2.45, 2.75) is 101 Å². The van der Waals surface area contributed by atoms with E-state index in [2.05, 4.69) is 25.8 Å². The van der Waals surface area contributed by atoms with Crippen LogP contribution in [0.2, 0.25) is 0 Å². The number of rotatable bonds is 8. The Labute approximate surface area is 365 Å². The monoisotopic (exact) mass is 848 g/mol. The highest BCUT2D eigenvalue weighted by Gasteiger charge is 2.68. The number of aromatic nitrogens is 1. The molecule has 0 saturated carbocycles. The van der Waals surface area contributed by atoms with Gasteiger partial charge >= 0.3 is 0 Å². The zero-order chi connectivity index (χ0) is 44.2. The molecule has 9 rings (SSSR count). The number of piperidine rings is 1. The molecule has 63 heavy (non-hydrogen) atoms. The van der Waals surface area contributed by atoms with E-state index in [1.54, 1.807) is 9.80 Å². The van der Waals surface area contributed by atoms with Crippen LogP contribution in [0, 0.1) is 5.92 Å². The van der Waals surface area contributed by atoms with Crippen LogP contribution in [0.15, 0.2) is 115 Å². The molecule has 0 unspecified atom stereocenters. The molecule has 2 fully saturated rings. The van der Waals surface area contributed by atoms with Crippen molar-refractivity contribution in [2.75, 3.05) is 4.90 Å². The number of hydrogen-bond acceptors (Lipinski definition) is 7. The molecule has 4 aromatic carbocycles. The fourth-order valence-electron chi connectivity index (χ4n) is 10.2. The summed E-state index contributed by atoms with van der Waals surface area (Å²) in [6.07, 6.45) is 1.95. The molecule has 14 heteroatoms. The maximum atomic E-state index is 15.2. The van der Waals surface area contributed by atoms with Gasteiger partial charge in [-0.2, -0.15) is 0 Å². The van der Waals surface area contributed by atoms with Gasteiger partial charge < -0.3 is 36.5 Å². The number of para-hydroxylation sites is 2. The summed E-state index contributed by atoms with van der Waals surface area (Å²) in [5.74, 6) is -2.98. The third-order valence-electron chi connectivity index (χ3n) is 13.1. The fourth-order valence-corrected chi connectivity index (χ4v) is 10.2. The molecule has 1 spiro atoms. The van der Waals surface area contributed by atoms with Crippen molar-refractivity contribution >= 4 is 52.0 Å². The Morgan fingerprint density at radius 3 is 2.19 bits per heavy atom. The number of hydrogen-bond donors (Lipinski definition) is 5. The fraction of sp³-hybridized carbons (Fsp3) is 0.347. The van der Waals surface area contributed by atoms with E-state index in [0.717, 1.165) is 27.6 Å². The van der Waals surface area contributed by atoms with E-state index in [1.165, 1.54) is 6.92 Å². The predicted molar refractivity (Wildman–Crippen MR) is 237 cm³/mol. The third-order valence-corrected chi connectivity index (χ3v) is 13.1. The molecule has 0 aliphatic carbocycles. The second-order valence-corrected chi connectivity index (χ2v) is 17.8. The van der Waals surface area contributed by atoms with Crippen molar-refractivity contribution in [1.82, 2.24) is 30.7 Å². The Morgan fingerprint density at radius 2 is 1.46 bits per heavy atom. The molecule has 5 aromatic rings. The van der Waals surface area contributed by atoms with Crippen LogP contribution < -0.4 is 31.9 Å². The van der Waals surface area contributed by atoms with Crippen LogP contribution in [0.4, 0.5) is 5.69 Å². The van der Waals surface area contributed by atoms with Crippen molar-refractivity contribution in [1.29, 1.82) is 0 Å². The van der Waals surface area contributed by atoms with Crippen LogP contribution in [0.1, 0.15) is 55.9 Å². The van der Waals surface area contributed by atoms with Crippen molar-refractivity contribution in [3.63, 3.8) is 0 Å². The highest BCUT2D eigenvalue weighted by Crippen LogP contribution is 2.57. The van der Waals surface area contributed by atoms with E-state index in [-0.39, 0.29) is 43.9 Å². The summed E-state index contributed by atoms with van der Waals surface area (Å²) in [7, 11) is 0. The third kappa shape index (κ3) is 7.31. The largest absolute Gasteiger partial charge is 0.343 e. The lowest BCUT2D eigenvalue weighted by molar-refractivity contribution is -0.147. The van der Waals surface area contributed by atoms with Gasteiger partial charge in [0.2, 0.25) is 29.5 Å². The van der Waals surface area contributed by atoms with Crippen LogP contribution in [-0.2, 0) is 53.6 Å². The number of nitrogens with one attached hydrogen (secondary N) is 4. The summed E-state index contributed by atoms with van der Waals surface area (Å²) in [6.45, 7) is 5.36. The number of amides is 6. The predicted octanol–water partition coefficient (Wildman–Crippen LogP) is 3.05. The molecule has 5 heterocycles. The van der Waals surface area contributed by atoms with Gasteiger partial charge in [-0.3, -0.25) is 33.7 Å². The van der Waals surface area contributed by atoms with Gasteiger partial charge in [0.25, 0.3) is 5.91 Å². The topological polar surface area (TPSA) is 188 Å². The summed E-state index contributed by atoms with van der Waals surface area (Å²) < 4.78 is 2.11. The van der Waals surface area contributed by atoms with Crippen LogP contribution in [-0.4, -0.2) is 87.3 Å². The minimum absolute atomic E-state index is 0.0118. The number of anilines is 1. The molecule has 0 radical (unpaired) electrons. The van der Waals surface area contributed by atoms with Gasteiger partial charge in [0.15, 0.2) is 0 Å². The van der Waals surface area contributed by atoms with E-state index >= 15 is 4.79 Å². The highest BCUT2D eigenvalue weighted by molar-refractivity contribution is 6.08. The van der Waals surface area contributed by atoms with Crippen molar-refractivity contribution < 1.29 is 28.8 Å². The first kappa shape index (κ1) is 41.5. The average Bonchev–Trinajstić information content (AvgIpc) is 3.89. The summed E-state index contributed by atoms with van der Waals surface area (Å²) in [5.41, 5.74) is 9.97. The molecule has 1 aromatic heterocycles. The Balaban J connectivity index is 1.22. The molecule has 324 valence electrons. The first-order valence-corrected chi connectivity index (χ1v) is 21.7. The number of nitrogens with two attached hydrogens (primary N) is 1. The van der Waals surface area contributed by atoms with Gasteiger partial charge in [0, 0.05) is 41.9 Å². The number of carbonyl (C=O) groups excluding carboxylic acids is 6. The quantitative estimate of drug-likeness (QED) is 0.159. The molecule has 6 amide bonds. The number of carbonyl (C=O) groups is 6. The second-order valence-electron chi connectivity index (χ2n) is 17.8. The summed E-state index contributed by atoms with van der Waals surface area (Å²) >= 11 is 0. The smallest absolute Gasteiger partial charge is 0.252 e. The second kappa shape index (κ2) is 16.5. The molecule has 2 saturated heterocycles. The zero-order valence-electron chi connectivity index (χ0n) is 35.5. The number of fused-ring (bicyclic) bond motifs is 8. The standard InChI is InChI=1S/C49H52N8O6/c1-28(2)22-36-45(61)54-38-26-49(34-19-11-13-21-40(34)56-47(63)41(57(46(38)62)48(49)56)24-31-16-8-5-9-17-31)55-27-32(33-18-10-12-20-39(33)55)25-37(44(60)51-29(3)42(58)52-36)53-43(59)35(50)23-30-14-6-4-7-15-30/h4-21,27-29,35-38,41,48H,22-26,50H2,1-3H3,(H,51,60)(H,52,58)(H,53,59)(H,54,61)/t29-,35-,36-,37-,38-,41-,48-,49+/m0/s1. The van der Waals surface area contributed by atoms with E-state index < -0.39 is 77.5 Å². The molecular formula is C49H52N8O6. The minimum atomic E-state index is -1.18. The lowest BCUT2D eigenvalue weighted by Crippen LogP contribution is -2.68. The lowest BCUT2D eigenvalue weighted by Gasteiger charge is -2.49. The molecule has 4 aliphatic rings. The summed E-state index contributed by atoms with van der Waals surface area (Å²) in [5, 5.41) is 12.4. The molecular weight excluding hydrogens is 797 g/mol. The lowest BCUT2D eigenvalue weighted by atomic mass is 9.78. The van der Waals surface area contributed by atoms with Crippen LogP contribution in [0.5, 0.6) is 0 Å². The van der Waals surface area contributed by atoms with E-state index in [0.29, 0.717) is 11.3 Å². The van der Waals surface area contributed by atoms with Gasteiger partial charge in [-0.1, -0.05) is 111 Å². The van der Waals surface area contributed by atoms with Crippen molar-refractivity contribution in [3.05, 3.63) is 138 Å². The van der Waals surface area contributed by atoms with Gasteiger partial charge in [-0.15, -0.1) is 0 Å². The highest BCUT2D eigenvalue weighted by atomic mass is 16.2. The molecule has 4 aliphatic heterocycles. The zero-order valence-corrected chi connectivity index (χ0v) is 35.5. The SMILES string of the molecule is CC(C)C[C@@H]1NC(=O)[C@H](C)NC(=O)[C@@H](NC(=O)[C@@H](N)Cc2ccccc2)Cc2cn(c3ccccc23)[C@]23C[C@H](NC1=O)C(=O)N1[C@@H](Cc4ccccc4)C(=O)N(c4ccccc42)[C@@H]13. The molecule has 6 N–H and O–H groups in total. The van der Waals surface area contributed by atoms with Gasteiger partial charge in [0.1, 0.15) is 41.9 Å². The molecule has 8 atom stereocenters. The first-order valence-electron chi connectivity index (χ1n) is 21.7. The van der Waals surface area contributed by atoms with E-state index in [1.807, 2.05) is 129 Å². The van der Waals surface area contributed by atoms with E-state index in [9.17, 15) is 24.0 Å². The number of nitrogens with zero attached hydrogens (tertiary/aromatic N) is 3. The van der Waals surface area contributed by atoms with Crippen LogP contribution in [0.3, 0.4) is 0 Å². The first-order chi connectivity index (χ1) is 30.3. The molecule has 14 nitrogen and oxygen atoms in total. The maximum absolute atomic E-state index is 15.2. The number of benzene rings is 4. The summed E-state index contributed by atoms with van der Waals surface area (Å²) in [4.78, 5) is 90.3. The van der Waals surface area contributed by atoms with E-state index in [4.69, 9.17) is 5.73 Å². The minimum Gasteiger partial charge on any atom is -0.343 e. The Bertz CT molecular complexity index is 2610. The maximum Gasteiger partial charge on any atom is 0.252 e. The van der Waals surface area contributed by atoms with Gasteiger partial charge in [-0.25, -0.2) is 0 Å².